The number of aromatic nitrogens is 2. The molecule has 0 aliphatic carbocycles. The van der Waals surface area contributed by atoms with E-state index in [1.165, 1.54) is 0 Å². The number of benzene rings is 2. The van der Waals surface area contributed by atoms with Crippen LogP contribution in [0.4, 0.5) is 17.1 Å². The van der Waals surface area contributed by atoms with Gasteiger partial charge in [-0.15, -0.1) is 0 Å². The molecule has 0 bridgehead atoms. The molecule has 156 valence electrons. The second kappa shape index (κ2) is 8.54. The van der Waals surface area contributed by atoms with Crippen molar-refractivity contribution >= 4 is 34.6 Å². The fraction of sp³-hybridized carbons (Fsp3) is 0.238. The number of hydrogen-bond donors (Lipinski definition) is 1. The molecule has 0 radical (unpaired) electrons. The van der Waals surface area contributed by atoms with Gasteiger partial charge >= 0.3 is 5.69 Å². The monoisotopic (exact) mass is 427 g/mol. The molecular weight excluding hydrogens is 406 g/mol. The third-order valence-corrected chi connectivity index (χ3v) is 5.00. The molecule has 0 fully saturated rings. The van der Waals surface area contributed by atoms with Gasteiger partial charge in [0.2, 0.25) is 0 Å². The summed E-state index contributed by atoms with van der Waals surface area (Å²) in [5.74, 6) is -0.256. The van der Waals surface area contributed by atoms with Gasteiger partial charge in [0, 0.05) is 24.7 Å². The molecule has 30 heavy (non-hydrogen) atoms. The standard InChI is InChI=1S/C21H22ClN5O3/c1-13-20(27(29)30)14(2)26(24-13)12-15-5-7-16(8-6-15)21(28)23-18-11-17(22)9-10-19(18)25(3)4/h5-11H,12H2,1-4H3,(H,23,28). The minimum atomic E-state index is -0.417. The van der Waals surface area contributed by atoms with E-state index in [0.717, 1.165) is 11.3 Å². The first-order valence-corrected chi connectivity index (χ1v) is 9.60. The Balaban J connectivity index is 1.77. The van der Waals surface area contributed by atoms with Gasteiger partial charge in [-0.2, -0.15) is 5.10 Å². The van der Waals surface area contributed by atoms with Crippen molar-refractivity contribution in [2.45, 2.75) is 20.4 Å². The van der Waals surface area contributed by atoms with Crippen molar-refractivity contribution in [3.63, 3.8) is 0 Å². The van der Waals surface area contributed by atoms with Gasteiger partial charge in [-0.1, -0.05) is 23.7 Å². The highest BCUT2D eigenvalue weighted by Gasteiger charge is 2.21. The van der Waals surface area contributed by atoms with Crippen LogP contribution in [0.5, 0.6) is 0 Å². The normalized spacial score (nSPS) is 10.7. The molecule has 0 aliphatic rings. The minimum absolute atomic E-state index is 0.0317. The first-order chi connectivity index (χ1) is 14.2. The lowest BCUT2D eigenvalue weighted by Gasteiger charge is -2.18. The molecule has 3 aromatic rings. The van der Waals surface area contributed by atoms with Crippen molar-refractivity contribution in [3.8, 4) is 0 Å². The molecule has 0 atom stereocenters. The topological polar surface area (TPSA) is 93.3 Å². The molecule has 0 saturated carbocycles. The fourth-order valence-corrected chi connectivity index (χ4v) is 3.41. The highest BCUT2D eigenvalue weighted by atomic mass is 35.5. The summed E-state index contributed by atoms with van der Waals surface area (Å²) in [5, 5.41) is 18.8. The number of hydrogen-bond acceptors (Lipinski definition) is 5. The van der Waals surface area contributed by atoms with Crippen LogP contribution in [0, 0.1) is 24.0 Å². The maximum atomic E-state index is 12.7. The molecule has 3 rings (SSSR count). The number of amides is 1. The molecule has 0 saturated heterocycles. The van der Waals surface area contributed by atoms with Gasteiger partial charge < -0.3 is 10.2 Å². The number of nitrogens with one attached hydrogen (secondary N) is 1. The molecule has 2 aromatic carbocycles. The number of nitrogens with zero attached hydrogens (tertiary/aromatic N) is 4. The van der Waals surface area contributed by atoms with E-state index in [2.05, 4.69) is 10.4 Å². The Morgan fingerprint density at radius 3 is 2.43 bits per heavy atom. The van der Waals surface area contributed by atoms with Crippen LogP contribution in [0.25, 0.3) is 0 Å². The quantitative estimate of drug-likeness (QED) is 0.464. The SMILES string of the molecule is Cc1nn(Cc2ccc(C(=O)Nc3cc(Cl)ccc3N(C)C)cc2)c(C)c1[N+](=O)[O-]. The van der Waals surface area contributed by atoms with Gasteiger partial charge in [-0.3, -0.25) is 19.6 Å². The van der Waals surface area contributed by atoms with Gasteiger partial charge in [0.25, 0.3) is 5.91 Å². The predicted molar refractivity (Wildman–Crippen MR) is 118 cm³/mol. The molecule has 1 aromatic heterocycles. The second-order valence-electron chi connectivity index (χ2n) is 7.14. The lowest BCUT2D eigenvalue weighted by Crippen LogP contribution is -2.16. The van der Waals surface area contributed by atoms with E-state index < -0.39 is 4.92 Å². The zero-order valence-electron chi connectivity index (χ0n) is 17.1. The van der Waals surface area contributed by atoms with Gasteiger partial charge in [0.05, 0.1) is 22.8 Å². The first kappa shape index (κ1) is 21.3. The summed E-state index contributed by atoms with van der Waals surface area (Å²) in [6.45, 7) is 3.67. The van der Waals surface area contributed by atoms with Crippen LogP contribution in [-0.4, -0.2) is 34.7 Å². The first-order valence-electron chi connectivity index (χ1n) is 9.23. The zero-order chi connectivity index (χ0) is 22.0. The second-order valence-corrected chi connectivity index (χ2v) is 7.58. The average molecular weight is 428 g/mol. The van der Waals surface area contributed by atoms with E-state index in [1.54, 1.807) is 42.8 Å². The predicted octanol–water partition coefficient (Wildman–Crippen LogP) is 4.43. The van der Waals surface area contributed by atoms with Crippen LogP contribution in [0.3, 0.4) is 0 Å². The number of anilines is 2. The number of carbonyl (C=O) groups is 1. The Labute approximate surface area is 179 Å². The Hall–Kier alpha value is -3.39. The molecule has 0 spiro atoms. The fourth-order valence-electron chi connectivity index (χ4n) is 3.23. The Morgan fingerprint density at radius 2 is 1.87 bits per heavy atom. The highest BCUT2D eigenvalue weighted by molar-refractivity contribution is 6.31. The van der Waals surface area contributed by atoms with Crippen molar-refractivity contribution in [2.24, 2.45) is 0 Å². The van der Waals surface area contributed by atoms with E-state index >= 15 is 0 Å². The van der Waals surface area contributed by atoms with Gasteiger partial charge in [0.15, 0.2) is 0 Å². The summed E-state index contributed by atoms with van der Waals surface area (Å²) < 4.78 is 1.60. The molecule has 1 heterocycles. The third kappa shape index (κ3) is 4.44. The zero-order valence-corrected chi connectivity index (χ0v) is 17.9. The Kier molecular flexibility index (Phi) is 6.07. The van der Waals surface area contributed by atoms with Gasteiger partial charge in [-0.05, 0) is 49.7 Å². The molecular formula is C21H22ClN5O3. The summed E-state index contributed by atoms with van der Waals surface area (Å²) in [7, 11) is 3.77. The molecule has 1 amide bonds. The van der Waals surface area contributed by atoms with Crippen LogP contribution in [0.2, 0.25) is 5.02 Å². The lowest BCUT2D eigenvalue weighted by atomic mass is 10.1. The van der Waals surface area contributed by atoms with Gasteiger partial charge in [-0.25, -0.2) is 0 Å². The van der Waals surface area contributed by atoms with Crippen LogP contribution in [0.1, 0.15) is 27.3 Å². The number of halogens is 1. The minimum Gasteiger partial charge on any atom is -0.376 e. The van der Waals surface area contributed by atoms with E-state index in [0.29, 0.717) is 34.2 Å². The van der Waals surface area contributed by atoms with Crippen molar-refractivity contribution in [3.05, 3.63) is 80.1 Å². The van der Waals surface area contributed by atoms with Crippen LogP contribution in [0.15, 0.2) is 42.5 Å². The maximum absolute atomic E-state index is 12.7. The number of aryl methyl sites for hydroxylation is 1. The number of rotatable bonds is 6. The average Bonchev–Trinajstić information content (AvgIpc) is 2.95. The summed E-state index contributed by atoms with van der Waals surface area (Å²) in [4.78, 5) is 25.3. The number of carbonyl (C=O) groups excluding carboxylic acids is 1. The van der Waals surface area contributed by atoms with E-state index in [4.69, 9.17) is 11.6 Å². The lowest BCUT2D eigenvalue weighted by molar-refractivity contribution is -0.386. The number of nitro groups is 1. The van der Waals surface area contributed by atoms with Crippen molar-refractivity contribution < 1.29 is 9.72 Å². The van der Waals surface area contributed by atoms with Gasteiger partial charge in [0.1, 0.15) is 11.4 Å². The molecule has 0 unspecified atom stereocenters. The van der Waals surface area contributed by atoms with E-state index in [1.807, 2.05) is 37.2 Å². The third-order valence-electron chi connectivity index (χ3n) is 4.76. The van der Waals surface area contributed by atoms with Crippen molar-refractivity contribution in [1.29, 1.82) is 0 Å². The summed E-state index contributed by atoms with van der Waals surface area (Å²) in [6.07, 6.45) is 0. The summed E-state index contributed by atoms with van der Waals surface area (Å²) >= 11 is 6.07. The summed E-state index contributed by atoms with van der Waals surface area (Å²) in [6, 6.07) is 12.4. The van der Waals surface area contributed by atoms with Crippen molar-refractivity contribution in [2.75, 3.05) is 24.3 Å². The van der Waals surface area contributed by atoms with E-state index in [9.17, 15) is 14.9 Å². The van der Waals surface area contributed by atoms with Crippen LogP contribution < -0.4 is 10.2 Å². The van der Waals surface area contributed by atoms with Crippen molar-refractivity contribution in [1.82, 2.24) is 9.78 Å². The largest absolute Gasteiger partial charge is 0.376 e. The maximum Gasteiger partial charge on any atom is 0.312 e. The molecule has 0 aliphatic heterocycles. The smallest absolute Gasteiger partial charge is 0.312 e. The summed E-state index contributed by atoms with van der Waals surface area (Å²) in [5.41, 5.74) is 3.74. The highest BCUT2D eigenvalue weighted by Crippen LogP contribution is 2.28. The van der Waals surface area contributed by atoms with Crippen LogP contribution >= 0.6 is 11.6 Å². The molecule has 1 N–H and O–H groups in total. The van der Waals surface area contributed by atoms with Crippen LogP contribution in [-0.2, 0) is 6.54 Å². The molecule has 8 nitrogen and oxygen atoms in total. The van der Waals surface area contributed by atoms with E-state index in [-0.39, 0.29) is 11.6 Å². The Bertz CT molecular complexity index is 1110. The molecule has 9 heteroatoms. The Morgan fingerprint density at radius 1 is 1.20 bits per heavy atom.